The van der Waals surface area contributed by atoms with E-state index in [4.69, 9.17) is 0 Å². The first-order valence-electron chi connectivity index (χ1n) is 7.56. The standard InChI is InChI=1S/C16H18F3N3O.ClH/c1-11-10-15(12-6-8-20-9-7-12)21-22(11)13-2-4-14(5-3-13)23-16(17,18)19;/h2-5,10,12,20H,6-9H2,1H3;1H. The minimum Gasteiger partial charge on any atom is -0.406 e. The molecule has 132 valence electrons. The Morgan fingerprint density at radius 2 is 1.79 bits per heavy atom. The fourth-order valence-electron chi connectivity index (χ4n) is 2.87. The van der Waals surface area contributed by atoms with Crippen LogP contribution >= 0.6 is 12.4 Å². The second-order valence-corrected chi connectivity index (χ2v) is 5.69. The zero-order valence-electron chi connectivity index (χ0n) is 13.1. The van der Waals surface area contributed by atoms with Gasteiger partial charge in [0, 0.05) is 11.6 Å². The molecule has 1 aromatic carbocycles. The molecule has 1 aliphatic rings. The molecule has 1 saturated heterocycles. The lowest BCUT2D eigenvalue weighted by Gasteiger charge is -2.20. The highest BCUT2D eigenvalue weighted by atomic mass is 35.5. The summed E-state index contributed by atoms with van der Waals surface area (Å²) in [5.41, 5.74) is 2.72. The number of nitrogens with one attached hydrogen (secondary N) is 1. The summed E-state index contributed by atoms with van der Waals surface area (Å²) in [7, 11) is 0. The molecular formula is C16H19ClF3N3O. The number of piperidine rings is 1. The van der Waals surface area contributed by atoms with Crippen LogP contribution in [-0.4, -0.2) is 29.2 Å². The van der Waals surface area contributed by atoms with Crippen molar-refractivity contribution in [2.45, 2.75) is 32.0 Å². The summed E-state index contributed by atoms with van der Waals surface area (Å²) in [4.78, 5) is 0. The van der Waals surface area contributed by atoms with Crippen LogP contribution < -0.4 is 10.1 Å². The van der Waals surface area contributed by atoms with Crippen molar-refractivity contribution in [3.8, 4) is 11.4 Å². The molecule has 0 spiro atoms. The highest BCUT2D eigenvalue weighted by Gasteiger charge is 2.31. The Hall–Kier alpha value is -1.73. The lowest BCUT2D eigenvalue weighted by Crippen LogP contribution is -2.26. The van der Waals surface area contributed by atoms with E-state index in [2.05, 4.69) is 21.2 Å². The Balaban J connectivity index is 0.00000208. The predicted octanol–water partition coefficient (Wildman–Crippen LogP) is 3.97. The van der Waals surface area contributed by atoms with Crippen LogP contribution in [0.4, 0.5) is 13.2 Å². The molecule has 2 heterocycles. The molecule has 0 radical (unpaired) electrons. The summed E-state index contributed by atoms with van der Waals surface area (Å²) in [6, 6.07) is 7.80. The Morgan fingerprint density at radius 1 is 1.17 bits per heavy atom. The van der Waals surface area contributed by atoms with Crippen LogP contribution in [0.25, 0.3) is 5.69 Å². The molecule has 1 aliphatic heterocycles. The first kappa shape index (κ1) is 18.6. The van der Waals surface area contributed by atoms with E-state index in [9.17, 15) is 13.2 Å². The topological polar surface area (TPSA) is 39.1 Å². The second-order valence-electron chi connectivity index (χ2n) is 5.69. The number of hydrogen-bond donors (Lipinski definition) is 1. The van der Waals surface area contributed by atoms with E-state index in [1.165, 1.54) is 12.1 Å². The van der Waals surface area contributed by atoms with Gasteiger partial charge in [-0.15, -0.1) is 25.6 Å². The molecule has 4 nitrogen and oxygen atoms in total. The third kappa shape index (κ3) is 4.42. The van der Waals surface area contributed by atoms with Crippen molar-refractivity contribution in [3.63, 3.8) is 0 Å². The van der Waals surface area contributed by atoms with Crippen molar-refractivity contribution in [3.05, 3.63) is 41.7 Å². The Morgan fingerprint density at radius 3 is 2.38 bits per heavy atom. The Labute approximate surface area is 144 Å². The highest BCUT2D eigenvalue weighted by Crippen LogP contribution is 2.27. The number of alkyl halides is 3. The van der Waals surface area contributed by atoms with Gasteiger partial charge in [-0.3, -0.25) is 0 Å². The van der Waals surface area contributed by atoms with E-state index in [-0.39, 0.29) is 18.2 Å². The van der Waals surface area contributed by atoms with E-state index in [1.54, 1.807) is 16.8 Å². The van der Waals surface area contributed by atoms with Crippen LogP contribution in [0.3, 0.4) is 0 Å². The van der Waals surface area contributed by atoms with Gasteiger partial charge in [0.1, 0.15) is 5.75 Å². The average molecular weight is 362 g/mol. The molecule has 2 aromatic rings. The zero-order chi connectivity index (χ0) is 16.4. The van der Waals surface area contributed by atoms with Gasteiger partial charge in [-0.2, -0.15) is 5.10 Å². The normalized spacial score (nSPS) is 15.8. The summed E-state index contributed by atoms with van der Waals surface area (Å²) in [6.45, 7) is 3.91. The van der Waals surface area contributed by atoms with E-state index in [0.717, 1.165) is 43.0 Å². The molecule has 0 unspecified atom stereocenters. The fraction of sp³-hybridized carbons (Fsp3) is 0.438. The number of ether oxygens (including phenoxy) is 1. The van der Waals surface area contributed by atoms with Crippen LogP contribution in [0.1, 0.15) is 30.1 Å². The molecule has 0 saturated carbocycles. The van der Waals surface area contributed by atoms with Crippen molar-refractivity contribution in [1.29, 1.82) is 0 Å². The number of benzene rings is 1. The van der Waals surface area contributed by atoms with Gasteiger partial charge in [0.05, 0.1) is 11.4 Å². The third-order valence-corrected chi connectivity index (χ3v) is 3.98. The van der Waals surface area contributed by atoms with E-state index < -0.39 is 6.36 Å². The van der Waals surface area contributed by atoms with Gasteiger partial charge in [0.25, 0.3) is 0 Å². The molecular weight excluding hydrogens is 343 g/mol. The maximum atomic E-state index is 12.2. The maximum Gasteiger partial charge on any atom is 0.573 e. The van der Waals surface area contributed by atoms with Crippen LogP contribution in [0, 0.1) is 6.92 Å². The van der Waals surface area contributed by atoms with Gasteiger partial charge in [-0.25, -0.2) is 4.68 Å². The summed E-state index contributed by atoms with van der Waals surface area (Å²) < 4.78 is 42.2. The largest absolute Gasteiger partial charge is 0.573 e. The van der Waals surface area contributed by atoms with Crippen molar-refractivity contribution in [2.24, 2.45) is 0 Å². The number of aryl methyl sites for hydroxylation is 1. The molecule has 1 fully saturated rings. The second kappa shape index (κ2) is 7.44. The number of hydrogen-bond acceptors (Lipinski definition) is 3. The van der Waals surface area contributed by atoms with Crippen LogP contribution in [0.2, 0.25) is 0 Å². The predicted molar refractivity (Wildman–Crippen MR) is 87.1 cm³/mol. The van der Waals surface area contributed by atoms with Crippen LogP contribution in [0.15, 0.2) is 30.3 Å². The quantitative estimate of drug-likeness (QED) is 0.899. The fourth-order valence-corrected chi connectivity index (χ4v) is 2.87. The van der Waals surface area contributed by atoms with Crippen molar-refractivity contribution in [2.75, 3.05) is 13.1 Å². The molecule has 1 N–H and O–H groups in total. The number of halogens is 4. The number of aromatic nitrogens is 2. The monoisotopic (exact) mass is 361 g/mol. The zero-order valence-corrected chi connectivity index (χ0v) is 14.0. The highest BCUT2D eigenvalue weighted by molar-refractivity contribution is 5.85. The first-order chi connectivity index (χ1) is 10.9. The van der Waals surface area contributed by atoms with Crippen molar-refractivity contribution in [1.82, 2.24) is 15.1 Å². The van der Waals surface area contributed by atoms with E-state index >= 15 is 0 Å². The number of nitrogens with zero attached hydrogens (tertiary/aromatic N) is 2. The van der Waals surface area contributed by atoms with Gasteiger partial charge >= 0.3 is 6.36 Å². The minimum atomic E-state index is -4.68. The van der Waals surface area contributed by atoms with Gasteiger partial charge in [0.15, 0.2) is 0 Å². The Kier molecular flexibility index (Phi) is 5.77. The molecule has 0 amide bonds. The molecule has 1 aromatic heterocycles. The third-order valence-electron chi connectivity index (χ3n) is 3.98. The van der Waals surface area contributed by atoms with Crippen LogP contribution in [-0.2, 0) is 0 Å². The SMILES string of the molecule is Cc1cc(C2CCNCC2)nn1-c1ccc(OC(F)(F)F)cc1.Cl. The molecule has 3 rings (SSSR count). The summed E-state index contributed by atoms with van der Waals surface area (Å²) in [6.07, 6.45) is -2.57. The van der Waals surface area contributed by atoms with Crippen molar-refractivity contribution < 1.29 is 17.9 Å². The minimum absolute atomic E-state index is 0. The smallest absolute Gasteiger partial charge is 0.406 e. The average Bonchev–Trinajstić information content (AvgIpc) is 2.89. The number of rotatable bonds is 3. The molecule has 0 aliphatic carbocycles. The van der Waals surface area contributed by atoms with Crippen LogP contribution in [0.5, 0.6) is 5.75 Å². The van der Waals surface area contributed by atoms with E-state index in [1.807, 2.05) is 6.92 Å². The summed E-state index contributed by atoms with van der Waals surface area (Å²) in [5, 5.41) is 7.96. The van der Waals surface area contributed by atoms with E-state index in [0.29, 0.717) is 5.92 Å². The Bertz CT molecular complexity index is 664. The first-order valence-corrected chi connectivity index (χ1v) is 7.56. The van der Waals surface area contributed by atoms with Gasteiger partial charge < -0.3 is 10.1 Å². The summed E-state index contributed by atoms with van der Waals surface area (Å²) in [5.74, 6) is 0.202. The molecule has 0 atom stereocenters. The van der Waals surface area contributed by atoms with Gasteiger partial charge in [0.2, 0.25) is 0 Å². The molecule has 0 bridgehead atoms. The molecule has 8 heteroatoms. The van der Waals surface area contributed by atoms with Gasteiger partial charge in [-0.05, 0) is 63.2 Å². The lowest BCUT2D eigenvalue weighted by atomic mass is 9.95. The summed E-state index contributed by atoms with van der Waals surface area (Å²) >= 11 is 0. The lowest BCUT2D eigenvalue weighted by molar-refractivity contribution is -0.274. The van der Waals surface area contributed by atoms with Gasteiger partial charge in [-0.1, -0.05) is 0 Å². The maximum absolute atomic E-state index is 12.2. The van der Waals surface area contributed by atoms with Crippen molar-refractivity contribution >= 4 is 12.4 Å². The molecule has 24 heavy (non-hydrogen) atoms.